The first-order valence-electron chi connectivity index (χ1n) is 26.2. The Hall–Kier alpha value is -7.16. The number of aromatic nitrogens is 4. The highest BCUT2D eigenvalue weighted by molar-refractivity contribution is 5.89. The van der Waals surface area contributed by atoms with Gasteiger partial charge in [-0.05, 0) is 66.1 Å². The number of aryl methyl sites for hydroxylation is 2. The Morgan fingerprint density at radius 2 is 1.12 bits per heavy atom. The topological polar surface area (TPSA) is 165 Å². The molecule has 8 rings (SSSR count). The number of imidazole rings is 2. The fraction of sp³-hybridized carbons (Fsp3) is 0.424. The van der Waals surface area contributed by atoms with E-state index in [2.05, 4.69) is 68.7 Å². The number of methoxy groups -OCH3 is 1. The van der Waals surface area contributed by atoms with Crippen molar-refractivity contribution in [2.24, 2.45) is 0 Å². The smallest absolute Gasteiger partial charge is 0.245 e. The number of unbranched alkanes of at least 4 members (excludes halogenated alkanes) is 4. The zero-order valence-electron chi connectivity index (χ0n) is 43.1. The number of H-pyrrole nitrogens is 2. The SMILES string of the molecule is CCCCCC1(c2ccc(F)cc2F)CN(C(=O)[C@@H](Cc2ccc(OC)cc2)NC(=O)CCc2c[nH]cn2)C1.CCCCCC1(c2ccccc2)CN(C(=O)[C@@H](Cc2ccccc2)NC(=O)CCc2c[nH]cn2)C1. The van der Waals surface area contributed by atoms with Crippen LogP contribution in [0, 0.1) is 11.6 Å². The molecule has 2 atom stereocenters. The van der Waals surface area contributed by atoms with E-state index in [1.165, 1.54) is 30.5 Å². The Bertz CT molecular complexity index is 2670. The average Bonchev–Trinajstić information content (AvgIpc) is 4.13. The molecule has 4 N–H and O–H groups in total. The van der Waals surface area contributed by atoms with E-state index in [4.69, 9.17) is 4.74 Å². The molecule has 0 spiro atoms. The number of amides is 4. The zero-order chi connectivity index (χ0) is 52.3. The van der Waals surface area contributed by atoms with Crippen molar-refractivity contribution in [1.82, 2.24) is 40.4 Å². The van der Waals surface area contributed by atoms with E-state index in [9.17, 15) is 28.0 Å². The molecule has 74 heavy (non-hydrogen) atoms. The second kappa shape index (κ2) is 26.7. The molecule has 0 bridgehead atoms. The van der Waals surface area contributed by atoms with Gasteiger partial charge in [0, 0.05) is 81.2 Å². The van der Waals surface area contributed by atoms with Crippen molar-refractivity contribution in [2.45, 2.75) is 127 Å². The number of carbonyl (C=O) groups is 4. The summed E-state index contributed by atoms with van der Waals surface area (Å²) in [6.07, 6.45) is 17.2. The molecule has 0 saturated carbocycles. The van der Waals surface area contributed by atoms with Crippen molar-refractivity contribution in [3.05, 3.63) is 173 Å². The Morgan fingerprint density at radius 3 is 1.59 bits per heavy atom. The summed E-state index contributed by atoms with van der Waals surface area (Å²) in [4.78, 5) is 70.7. The summed E-state index contributed by atoms with van der Waals surface area (Å²) in [7, 11) is 1.58. The lowest BCUT2D eigenvalue weighted by atomic mass is 9.69. The third kappa shape index (κ3) is 14.8. The van der Waals surface area contributed by atoms with E-state index < -0.39 is 29.1 Å². The molecule has 4 amide bonds. The van der Waals surface area contributed by atoms with Gasteiger partial charge in [0.05, 0.1) is 31.2 Å². The van der Waals surface area contributed by atoms with Gasteiger partial charge in [0.25, 0.3) is 0 Å². The van der Waals surface area contributed by atoms with Crippen LogP contribution in [-0.2, 0) is 55.7 Å². The average molecular weight is 1010 g/mol. The van der Waals surface area contributed by atoms with Crippen LogP contribution < -0.4 is 15.4 Å². The number of likely N-dealkylation sites (tertiary alicyclic amines) is 2. The van der Waals surface area contributed by atoms with Gasteiger partial charge in [-0.25, -0.2) is 18.7 Å². The number of hydrogen-bond acceptors (Lipinski definition) is 7. The minimum atomic E-state index is -0.781. The number of hydrogen-bond donors (Lipinski definition) is 4. The molecule has 2 fully saturated rings. The van der Waals surface area contributed by atoms with E-state index in [1.54, 1.807) is 37.1 Å². The predicted molar refractivity (Wildman–Crippen MR) is 282 cm³/mol. The highest BCUT2D eigenvalue weighted by Gasteiger charge is 2.49. The van der Waals surface area contributed by atoms with Gasteiger partial charge in [-0.1, -0.05) is 131 Å². The molecule has 0 aliphatic carbocycles. The van der Waals surface area contributed by atoms with Crippen molar-refractivity contribution in [1.29, 1.82) is 0 Å². The number of rotatable bonds is 25. The molecular formula is C59H72F2N8O5. The van der Waals surface area contributed by atoms with Crippen molar-refractivity contribution >= 4 is 23.6 Å². The lowest BCUT2D eigenvalue weighted by Crippen LogP contribution is -2.65. The molecule has 2 aliphatic rings. The van der Waals surface area contributed by atoms with Crippen molar-refractivity contribution in [2.75, 3.05) is 33.3 Å². The molecule has 4 heterocycles. The largest absolute Gasteiger partial charge is 0.497 e. The van der Waals surface area contributed by atoms with Gasteiger partial charge in [-0.15, -0.1) is 0 Å². The third-order valence-electron chi connectivity index (χ3n) is 14.5. The molecule has 4 aromatic carbocycles. The van der Waals surface area contributed by atoms with Gasteiger partial charge in [-0.2, -0.15) is 0 Å². The third-order valence-corrected chi connectivity index (χ3v) is 14.5. The van der Waals surface area contributed by atoms with Crippen LogP contribution in [0.1, 0.15) is 112 Å². The van der Waals surface area contributed by atoms with Crippen LogP contribution in [0.25, 0.3) is 0 Å². The van der Waals surface area contributed by atoms with Crippen LogP contribution in [-0.4, -0.2) is 98.7 Å². The molecule has 2 aromatic heterocycles. The number of nitrogens with one attached hydrogen (secondary N) is 4. The Balaban J connectivity index is 0.000000217. The van der Waals surface area contributed by atoms with Crippen molar-refractivity contribution in [3.63, 3.8) is 0 Å². The fourth-order valence-electron chi connectivity index (χ4n) is 10.3. The number of aromatic amines is 2. The first kappa shape index (κ1) is 54.6. The number of nitrogens with zero attached hydrogens (tertiary/aromatic N) is 4. The standard InChI is InChI=1S/C30H36F2N4O3.C29H36N4O2/c1-3-4-5-14-30(25-12-8-22(31)16-26(25)32)18-36(19-30)29(38)27(15-21-6-10-24(39-2)11-7-21)35-28(37)13-9-23-17-33-20-34-23;1-2-3-10-17-29(24-13-8-5-9-14-24)20-33(21-29)28(35)26(18-23-11-6-4-7-12-23)32-27(34)16-15-25-19-30-22-31-25/h6-8,10-12,16-17,20,27H,3-5,9,13-15,18-19H2,1-2H3,(H,33,34)(H,35,37);4-9,11-14,19,22,26H,2-3,10,15-18,20-21H2,1H3,(H,30,31)(H,32,34)/t27-;26-/m11/s1. The summed E-state index contributed by atoms with van der Waals surface area (Å²) in [6.45, 7) is 6.36. The number of ether oxygens (including phenoxy) is 1. The molecule has 2 aliphatic heterocycles. The highest BCUT2D eigenvalue weighted by Crippen LogP contribution is 2.42. The van der Waals surface area contributed by atoms with Crippen LogP contribution in [0.5, 0.6) is 5.75 Å². The van der Waals surface area contributed by atoms with E-state index in [-0.39, 0.29) is 35.5 Å². The normalized spacial score (nSPS) is 15.1. The predicted octanol–water partition coefficient (Wildman–Crippen LogP) is 9.15. The fourth-order valence-corrected chi connectivity index (χ4v) is 10.3. The molecule has 0 unspecified atom stereocenters. The van der Waals surface area contributed by atoms with E-state index in [0.29, 0.717) is 76.0 Å². The van der Waals surface area contributed by atoms with E-state index >= 15 is 0 Å². The van der Waals surface area contributed by atoms with E-state index in [1.807, 2.05) is 65.6 Å². The van der Waals surface area contributed by atoms with Crippen molar-refractivity contribution < 1.29 is 32.7 Å². The maximum absolute atomic E-state index is 14.9. The molecule has 13 nitrogen and oxygen atoms in total. The van der Waals surface area contributed by atoms with Gasteiger partial charge in [-0.3, -0.25) is 19.2 Å². The first-order valence-corrected chi connectivity index (χ1v) is 26.2. The maximum atomic E-state index is 14.9. The number of halogens is 2. The summed E-state index contributed by atoms with van der Waals surface area (Å²) in [6, 6.07) is 30.2. The van der Waals surface area contributed by atoms with Gasteiger partial charge < -0.3 is 35.1 Å². The quantitative estimate of drug-likeness (QED) is 0.0416. The first-order chi connectivity index (χ1) is 35.9. The van der Waals surface area contributed by atoms with Gasteiger partial charge in [0.2, 0.25) is 23.6 Å². The summed E-state index contributed by atoms with van der Waals surface area (Å²) in [5, 5.41) is 5.95. The summed E-state index contributed by atoms with van der Waals surface area (Å²) in [5.74, 6) is -1.09. The Labute approximate surface area is 434 Å². The summed E-state index contributed by atoms with van der Waals surface area (Å²) < 4.78 is 33.7. The second-order valence-electron chi connectivity index (χ2n) is 20.0. The van der Waals surface area contributed by atoms with Gasteiger partial charge in [0.15, 0.2) is 0 Å². The zero-order valence-corrected chi connectivity index (χ0v) is 43.1. The lowest BCUT2D eigenvalue weighted by molar-refractivity contribution is -0.144. The molecule has 0 radical (unpaired) electrons. The van der Waals surface area contributed by atoms with Crippen LogP contribution in [0.15, 0.2) is 128 Å². The minimum Gasteiger partial charge on any atom is -0.497 e. The Kier molecular flexibility index (Phi) is 19.7. The molecule has 392 valence electrons. The summed E-state index contributed by atoms with van der Waals surface area (Å²) in [5.41, 5.74) is 4.71. The Morgan fingerprint density at radius 1 is 0.635 bits per heavy atom. The van der Waals surface area contributed by atoms with Crippen LogP contribution in [0.2, 0.25) is 0 Å². The van der Waals surface area contributed by atoms with Crippen LogP contribution in [0.4, 0.5) is 8.78 Å². The molecule has 6 aromatic rings. The number of carbonyl (C=O) groups excluding carboxylic acids is 4. The van der Waals surface area contributed by atoms with Gasteiger partial charge in [0.1, 0.15) is 29.5 Å². The highest BCUT2D eigenvalue weighted by atomic mass is 19.1. The minimum absolute atomic E-state index is 0.00372. The maximum Gasteiger partial charge on any atom is 0.245 e. The second-order valence-corrected chi connectivity index (χ2v) is 20.0. The van der Waals surface area contributed by atoms with Crippen LogP contribution in [0.3, 0.4) is 0 Å². The number of benzene rings is 4. The van der Waals surface area contributed by atoms with Crippen LogP contribution >= 0.6 is 0 Å². The molecular weight excluding hydrogens is 939 g/mol. The molecule has 15 heteroatoms. The van der Waals surface area contributed by atoms with Gasteiger partial charge >= 0.3 is 0 Å². The monoisotopic (exact) mass is 1010 g/mol. The lowest BCUT2D eigenvalue weighted by Gasteiger charge is -2.52. The van der Waals surface area contributed by atoms with Crippen molar-refractivity contribution in [3.8, 4) is 5.75 Å². The molecule has 2 saturated heterocycles. The van der Waals surface area contributed by atoms with E-state index in [0.717, 1.165) is 60.7 Å². The summed E-state index contributed by atoms with van der Waals surface area (Å²) >= 11 is 0.